The molecule has 3 heterocycles. The number of hydrogen-bond donors (Lipinski definition) is 1. The number of rotatable bonds is 9. The molecule has 0 radical (unpaired) electrons. The minimum Gasteiger partial charge on any atom is -0.619 e. The van der Waals surface area contributed by atoms with E-state index >= 15 is 0 Å². The number of amides is 2. The molecule has 2 amide bonds. The molecular formula is C30H32N4O7S. The topological polar surface area (TPSA) is 140 Å². The van der Waals surface area contributed by atoms with E-state index in [1.807, 2.05) is 44.2 Å². The van der Waals surface area contributed by atoms with Crippen LogP contribution in [0.5, 0.6) is 11.5 Å². The first-order valence-corrected chi connectivity index (χ1v) is 15.2. The highest BCUT2D eigenvalue weighted by Gasteiger charge is 2.54. The summed E-state index contributed by atoms with van der Waals surface area (Å²) < 4.78 is 33.9. The van der Waals surface area contributed by atoms with Crippen molar-refractivity contribution in [2.45, 2.75) is 49.7 Å². The second-order valence-electron chi connectivity index (χ2n) is 10.8. The van der Waals surface area contributed by atoms with Gasteiger partial charge in [-0.1, -0.05) is 32.0 Å². The molecule has 2 aliphatic rings. The molecule has 11 nitrogen and oxygen atoms in total. The molecule has 3 unspecified atom stereocenters. The van der Waals surface area contributed by atoms with E-state index in [1.165, 1.54) is 23.2 Å². The molecule has 2 saturated heterocycles. The molecule has 3 aromatic rings. The zero-order valence-corrected chi connectivity index (χ0v) is 24.1. The number of sulfonamides is 1. The number of aromatic nitrogens is 1. The van der Waals surface area contributed by atoms with Gasteiger partial charge in [0.15, 0.2) is 18.2 Å². The summed E-state index contributed by atoms with van der Waals surface area (Å²) in [7, 11) is -4.14. The summed E-state index contributed by atoms with van der Waals surface area (Å²) in [4.78, 5) is 41.3. The van der Waals surface area contributed by atoms with Gasteiger partial charge in [0.25, 0.3) is 5.91 Å². The second kappa shape index (κ2) is 11.9. The minimum absolute atomic E-state index is 0.0484. The lowest BCUT2D eigenvalue weighted by atomic mass is 10.0. The predicted octanol–water partition coefficient (Wildman–Crippen LogP) is 2.50. The Morgan fingerprint density at radius 3 is 2.40 bits per heavy atom. The Hall–Kier alpha value is -4.29. The number of para-hydroxylation sites is 1. The fraction of sp³-hybridized carbons (Fsp3) is 0.333. The molecule has 12 heteroatoms. The van der Waals surface area contributed by atoms with Crippen LogP contribution in [-0.4, -0.2) is 66.4 Å². The van der Waals surface area contributed by atoms with E-state index in [9.17, 15) is 28.0 Å². The summed E-state index contributed by atoms with van der Waals surface area (Å²) in [6.07, 6.45) is 2.71. The van der Waals surface area contributed by atoms with E-state index in [0.717, 1.165) is 10.5 Å². The van der Waals surface area contributed by atoms with Crippen LogP contribution in [0, 0.1) is 11.1 Å². The Morgan fingerprint density at radius 1 is 1.05 bits per heavy atom. The van der Waals surface area contributed by atoms with Gasteiger partial charge >= 0.3 is 0 Å². The van der Waals surface area contributed by atoms with Gasteiger partial charge < -0.3 is 20.2 Å². The van der Waals surface area contributed by atoms with Crippen LogP contribution in [0.1, 0.15) is 37.0 Å². The molecule has 0 spiro atoms. The fourth-order valence-corrected chi connectivity index (χ4v) is 7.13. The Balaban J connectivity index is 1.30. The van der Waals surface area contributed by atoms with Crippen LogP contribution in [-0.2, 0) is 19.6 Å². The third kappa shape index (κ3) is 6.00. The maximum absolute atomic E-state index is 13.8. The number of nitrogens with one attached hydrogen (secondary N) is 1. The molecule has 2 aliphatic heterocycles. The predicted molar refractivity (Wildman–Crippen MR) is 152 cm³/mol. The molecular weight excluding hydrogens is 560 g/mol. The smallest absolute Gasteiger partial charge is 0.251 e. The number of hydrogen-bond acceptors (Lipinski definition) is 7. The molecule has 2 fully saturated rings. The first-order valence-electron chi connectivity index (χ1n) is 13.7. The quantitative estimate of drug-likeness (QED) is 0.297. The number of carbonyl (C=O) groups excluding carboxylic acids is 3. The number of likely N-dealkylation sites (tertiary alicyclic amines) is 1. The van der Waals surface area contributed by atoms with Crippen molar-refractivity contribution in [3.05, 3.63) is 89.9 Å². The SMILES string of the molecule is CC(C)CC(NC(=O)c1ccc(Oc2ccccc2)cc1)C(=O)N1CCC2C1C(=O)CN2S(=O)(=O)c1ccc[n+]([O-])c1. The van der Waals surface area contributed by atoms with Crippen molar-refractivity contribution in [3.63, 3.8) is 0 Å². The highest BCUT2D eigenvalue weighted by molar-refractivity contribution is 7.89. The van der Waals surface area contributed by atoms with Gasteiger partial charge in [0.05, 0.1) is 12.6 Å². The van der Waals surface area contributed by atoms with Gasteiger partial charge in [-0.15, -0.1) is 0 Å². The Labute approximate surface area is 244 Å². The average Bonchev–Trinajstić information content (AvgIpc) is 3.54. The van der Waals surface area contributed by atoms with Gasteiger partial charge in [-0.2, -0.15) is 9.04 Å². The van der Waals surface area contributed by atoms with Crippen molar-refractivity contribution in [1.82, 2.24) is 14.5 Å². The van der Waals surface area contributed by atoms with Crippen LogP contribution in [0.2, 0.25) is 0 Å². The van der Waals surface area contributed by atoms with Gasteiger partial charge in [-0.3, -0.25) is 14.4 Å². The third-order valence-corrected chi connectivity index (χ3v) is 9.28. The molecule has 1 aromatic heterocycles. The number of pyridine rings is 1. The molecule has 220 valence electrons. The zero-order chi connectivity index (χ0) is 30.0. The summed E-state index contributed by atoms with van der Waals surface area (Å²) in [6, 6.07) is 15.8. The largest absolute Gasteiger partial charge is 0.619 e. The summed E-state index contributed by atoms with van der Waals surface area (Å²) in [5.41, 5.74) is 0.337. The molecule has 0 aliphatic carbocycles. The summed E-state index contributed by atoms with van der Waals surface area (Å²) >= 11 is 0. The van der Waals surface area contributed by atoms with E-state index in [-0.39, 0.29) is 23.8 Å². The maximum Gasteiger partial charge on any atom is 0.251 e. The normalized spacial score (nSPS) is 19.5. The molecule has 0 bridgehead atoms. The van der Waals surface area contributed by atoms with Crippen LogP contribution < -0.4 is 14.8 Å². The standard InChI is InChI=1S/C30H32N4O7S/c1-20(2)17-25(31-29(36)21-10-12-23(13-11-21)41-22-7-4-3-5-8-22)30(37)33-16-14-26-28(33)27(35)19-34(26)42(39,40)24-9-6-15-32(38)18-24/h3-13,15,18,20,25-26,28H,14,16-17,19H2,1-2H3,(H,31,36). The van der Waals surface area contributed by atoms with Crippen molar-refractivity contribution in [1.29, 1.82) is 0 Å². The molecule has 42 heavy (non-hydrogen) atoms. The summed E-state index contributed by atoms with van der Waals surface area (Å²) in [5.74, 6) is -0.0232. The van der Waals surface area contributed by atoms with E-state index in [1.54, 1.807) is 24.3 Å². The van der Waals surface area contributed by atoms with Gasteiger partial charge in [0, 0.05) is 18.2 Å². The van der Waals surface area contributed by atoms with Crippen LogP contribution in [0.4, 0.5) is 0 Å². The van der Waals surface area contributed by atoms with E-state index in [0.29, 0.717) is 28.2 Å². The monoisotopic (exact) mass is 592 g/mol. The van der Waals surface area contributed by atoms with Gasteiger partial charge in [-0.25, -0.2) is 8.42 Å². The number of nitrogens with zero attached hydrogens (tertiary/aromatic N) is 3. The van der Waals surface area contributed by atoms with Crippen molar-refractivity contribution < 1.29 is 32.3 Å². The second-order valence-corrected chi connectivity index (χ2v) is 12.7. The molecule has 5 rings (SSSR count). The fourth-order valence-electron chi connectivity index (χ4n) is 5.50. The highest BCUT2D eigenvalue weighted by atomic mass is 32.2. The molecule has 0 saturated carbocycles. The minimum atomic E-state index is -4.14. The van der Waals surface area contributed by atoms with Crippen LogP contribution in [0.25, 0.3) is 0 Å². The number of fused-ring (bicyclic) bond motifs is 1. The number of carbonyl (C=O) groups is 3. The van der Waals surface area contributed by atoms with Crippen molar-refractivity contribution >= 4 is 27.6 Å². The van der Waals surface area contributed by atoms with Crippen molar-refractivity contribution in [2.24, 2.45) is 5.92 Å². The Bertz CT molecular complexity index is 1580. The van der Waals surface area contributed by atoms with Gasteiger partial charge in [-0.05, 0) is 61.2 Å². The van der Waals surface area contributed by atoms with Crippen molar-refractivity contribution in [2.75, 3.05) is 13.1 Å². The van der Waals surface area contributed by atoms with Gasteiger partial charge in [0.2, 0.25) is 15.9 Å². The van der Waals surface area contributed by atoms with E-state index < -0.39 is 52.3 Å². The maximum atomic E-state index is 13.8. The molecule has 3 atom stereocenters. The zero-order valence-electron chi connectivity index (χ0n) is 23.3. The van der Waals surface area contributed by atoms with Crippen LogP contribution in [0.3, 0.4) is 0 Å². The average molecular weight is 593 g/mol. The number of ketones is 1. The first kappa shape index (κ1) is 29.2. The Kier molecular flexibility index (Phi) is 8.28. The van der Waals surface area contributed by atoms with Crippen molar-refractivity contribution in [3.8, 4) is 11.5 Å². The van der Waals surface area contributed by atoms with Crippen LogP contribution in [0.15, 0.2) is 84.0 Å². The van der Waals surface area contributed by atoms with E-state index in [2.05, 4.69) is 5.32 Å². The number of benzene rings is 2. The first-order chi connectivity index (χ1) is 20.0. The number of Topliss-reactive ketones (excluding diaryl/α,β-unsaturated/α-hetero) is 1. The Morgan fingerprint density at radius 2 is 1.74 bits per heavy atom. The lowest BCUT2D eigenvalue weighted by Gasteiger charge is -2.29. The molecule has 1 N–H and O–H groups in total. The van der Waals surface area contributed by atoms with Crippen LogP contribution >= 0.6 is 0 Å². The summed E-state index contributed by atoms with van der Waals surface area (Å²) in [6.45, 7) is 3.62. The van der Waals surface area contributed by atoms with Gasteiger partial charge in [0.1, 0.15) is 28.5 Å². The van der Waals surface area contributed by atoms with E-state index in [4.69, 9.17) is 4.74 Å². The number of ether oxygens (including phenoxy) is 1. The summed E-state index contributed by atoms with van der Waals surface area (Å²) in [5, 5.41) is 14.5. The highest BCUT2D eigenvalue weighted by Crippen LogP contribution is 2.34. The molecule has 2 aromatic carbocycles. The lowest BCUT2D eigenvalue weighted by molar-refractivity contribution is -0.607. The lowest BCUT2D eigenvalue weighted by Crippen LogP contribution is -2.53. The third-order valence-electron chi connectivity index (χ3n) is 7.42.